The van der Waals surface area contributed by atoms with Crippen LogP contribution in [-0.2, 0) is 11.2 Å². The number of rotatable bonds is 7. The highest BCUT2D eigenvalue weighted by Crippen LogP contribution is 2.19. The first-order valence-electron chi connectivity index (χ1n) is 8.48. The lowest BCUT2D eigenvalue weighted by Gasteiger charge is -2.20. The summed E-state index contributed by atoms with van der Waals surface area (Å²) in [4.78, 5) is 20.8. The second-order valence-electron chi connectivity index (χ2n) is 7.00. The van der Waals surface area contributed by atoms with Gasteiger partial charge in [-0.1, -0.05) is 13.8 Å². The molecule has 0 unspecified atom stereocenters. The van der Waals surface area contributed by atoms with Gasteiger partial charge in [-0.3, -0.25) is 4.79 Å². The van der Waals surface area contributed by atoms with Gasteiger partial charge in [0.15, 0.2) is 5.96 Å². The van der Waals surface area contributed by atoms with Crippen molar-refractivity contribution in [3.8, 4) is 0 Å². The average Bonchev–Trinajstić information content (AvgIpc) is 2.92. The largest absolute Gasteiger partial charge is 0.357 e. The lowest BCUT2D eigenvalue weighted by atomic mass is 10.1. The van der Waals surface area contributed by atoms with Crippen LogP contribution in [0, 0.1) is 0 Å². The molecule has 0 aliphatic heterocycles. The minimum atomic E-state index is -0.239. The van der Waals surface area contributed by atoms with Crippen molar-refractivity contribution < 1.29 is 4.79 Å². The fraction of sp³-hybridized carbons (Fsp3) is 0.706. The first kappa shape index (κ1) is 20.4. The number of nitrogens with one attached hydrogen (secondary N) is 3. The van der Waals surface area contributed by atoms with Crippen molar-refractivity contribution in [3.63, 3.8) is 0 Å². The maximum atomic E-state index is 11.8. The molecule has 0 fully saturated rings. The van der Waals surface area contributed by atoms with E-state index in [1.165, 1.54) is 5.01 Å². The molecule has 1 rings (SSSR count). The van der Waals surface area contributed by atoms with Crippen LogP contribution in [0.25, 0.3) is 0 Å². The first-order chi connectivity index (χ1) is 11.2. The van der Waals surface area contributed by atoms with Crippen LogP contribution in [-0.4, -0.2) is 42.0 Å². The zero-order valence-electron chi connectivity index (χ0n) is 15.7. The fourth-order valence-electron chi connectivity index (χ4n) is 1.96. The highest BCUT2D eigenvalue weighted by atomic mass is 32.1. The molecule has 136 valence electrons. The number of carbonyl (C=O) groups excluding carboxylic acids is 1. The van der Waals surface area contributed by atoms with Gasteiger partial charge in [0.05, 0.1) is 10.7 Å². The van der Waals surface area contributed by atoms with Gasteiger partial charge < -0.3 is 16.0 Å². The van der Waals surface area contributed by atoms with Gasteiger partial charge >= 0.3 is 0 Å². The summed E-state index contributed by atoms with van der Waals surface area (Å²) in [5.74, 6) is 1.04. The molecule has 0 radical (unpaired) electrons. The van der Waals surface area contributed by atoms with Crippen molar-refractivity contribution in [1.82, 2.24) is 20.9 Å². The normalized spacial score (nSPS) is 12.4. The summed E-state index contributed by atoms with van der Waals surface area (Å²) in [7, 11) is 0. The molecule has 0 saturated carbocycles. The highest BCUT2D eigenvalue weighted by molar-refractivity contribution is 7.09. The molecular formula is C17H31N5OS. The third kappa shape index (κ3) is 8.29. The van der Waals surface area contributed by atoms with Crippen LogP contribution in [0.1, 0.15) is 58.2 Å². The summed E-state index contributed by atoms with van der Waals surface area (Å²) in [5, 5.41) is 12.6. The molecule has 0 aliphatic rings. The number of carbonyl (C=O) groups is 1. The van der Waals surface area contributed by atoms with E-state index in [2.05, 4.69) is 45.2 Å². The Kier molecular flexibility index (Phi) is 8.18. The minimum absolute atomic E-state index is 0.0826. The molecule has 0 atom stereocenters. The van der Waals surface area contributed by atoms with Crippen LogP contribution in [0.15, 0.2) is 10.4 Å². The SMILES string of the molecule is CCNC(=NCC(=O)NC(C)(C)C)NCCc1csc(C(C)C)n1. The van der Waals surface area contributed by atoms with Gasteiger partial charge in [-0.2, -0.15) is 0 Å². The predicted octanol–water partition coefficient (Wildman–Crippen LogP) is 2.28. The van der Waals surface area contributed by atoms with E-state index in [0.717, 1.165) is 25.2 Å². The van der Waals surface area contributed by atoms with Crippen LogP contribution in [0.2, 0.25) is 0 Å². The molecule has 6 nitrogen and oxygen atoms in total. The van der Waals surface area contributed by atoms with E-state index in [9.17, 15) is 4.79 Å². The number of aromatic nitrogens is 1. The lowest BCUT2D eigenvalue weighted by Crippen LogP contribution is -2.43. The second-order valence-corrected chi connectivity index (χ2v) is 7.89. The molecule has 0 aliphatic carbocycles. The monoisotopic (exact) mass is 353 g/mol. The van der Waals surface area contributed by atoms with Crippen LogP contribution in [0.5, 0.6) is 0 Å². The number of nitrogens with zero attached hydrogens (tertiary/aromatic N) is 2. The number of guanidine groups is 1. The third-order valence-corrected chi connectivity index (χ3v) is 4.17. The first-order valence-corrected chi connectivity index (χ1v) is 9.36. The van der Waals surface area contributed by atoms with E-state index in [1.54, 1.807) is 11.3 Å². The Morgan fingerprint density at radius 2 is 2.04 bits per heavy atom. The Morgan fingerprint density at radius 3 is 2.58 bits per heavy atom. The van der Waals surface area contributed by atoms with Crippen molar-refractivity contribution in [1.29, 1.82) is 0 Å². The minimum Gasteiger partial charge on any atom is -0.357 e. The Bertz CT molecular complexity index is 545. The van der Waals surface area contributed by atoms with Gasteiger partial charge in [0.1, 0.15) is 6.54 Å². The van der Waals surface area contributed by atoms with Gasteiger partial charge in [-0.15, -0.1) is 11.3 Å². The topological polar surface area (TPSA) is 78.4 Å². The van der Waals surface area contributed by atoms with Crippen molar-refractivity contribution in [2.75, 3.05) is 19.6 Å². The van der Waals surface area contributed by atoms with E-state index < -0.39 is 0 Å². The molecule has 3 N–H and O–H groups in total. The third-order valence-electron chi connectivity index (χ3n) is 2.98. The zero-order valence-corrected chi connectivity index (χ0v) is 16.5. The van der Waals surface area contributed by atoms with Gasteiger partial charge in [-0.05, 0) is 27.7 Å². The molecule has 24 heavy (non-hydrogen) atoms. The molecule has 1 aromatic rings. The number of hydrogen-bond acceptors (Lipinski definition) is 4. The number of amides is 1. The molecule has 0 spiro atoms. The average molecular weight is 354 g/mol. The Labute approximate surface area is 149 Å². The molecule has 1 aromatic heterocycles. The van der Waals surface area contributed by atoms with E-state index >= 15 is 0 Å². The fourth-order valence-corrected chi connectivity index (χ4v) is 2.83. The van der Waals surface area contributed by atoms with Gasteiger partial charge in [-0.25, -0.2) is 9.98 Å². The maximum absolute atomic E-state index is 11.8. The highest BCUT2D eigenvalue weighted by Gasteiger charge is 2.13. The predicted molar refractivity (Wildman–Crippen MR) is 102 cm³/mol. The molecule has 1 heterocycles. The van der Waals surface area contributed by atoms with E-state index in [-0.39, 0.29) is 18.0 Å². The summed E-state index contributed by atoms with van der Waals surface area (Å²) in [6.45, 7) is 13.8. The lowest BCUT2D eigenvalue weighted by molar-refractivity contribution is -0.121. The summed E-state index contributed by atoms with van der Waals surface area (Å²) >= 11 is 1.71. The van der Waals surface area contributed by atoms with E-state index in [4.69, 9.17) is 0 Å². The standard InChI is InChI=1S/C17H31N5OS/c1-7-18-16(20-10-14(23)22-17(4,5)6)19-9-8-13-11-24-15(21-13)12(2)3/h11-12H,7-10H2,1-6H3,(H,22,23)(H2,18,19,20). The molecule has 0 aromatic carbocycles. The van der Waals surface area contributed by atoms with Gasteiger partial charge in [0, 0.05) is 36.3 Å². The van der Waals surface area contributed by atoms with Crippen LogP contribution < -0.4 is 16.0 Å². The Balaban J connectivity index is 2.47. The number of thiazole rings is 1. The number of hydrogen-bond donors (Lipinski definition) is 3. The Morgan fingerprint density at radius 1 is 1.33 bits per heavy atom. The summed E-state index contributed by atoms with van der Waals surface area (Å²) in [5.41, 5.74) is 0.856. The van der Waals surface area contributed by atoms with Crippen molar-refractivity contribution in [2.45, 2.75) is 59.4 Å². The number of aliphatic imine (C=N–C) groups is 1. The van der Waals surface area contributed by atoms with Crippen molar-refractivity contribution >= 4 is 23.2 Å². The molecular weight excluding hydrogens is 322 g/mol. The second kappa shape index (κ2) is 9.61. The Hall–Kier alpha value is -1.63. The summed E-state index contributed by atoms with van der Waals surface area (Å²) in [6.07, 6.45) is 0.835. The van der Waals surface area contributed by atoms with Crippen molar-refractivity contribution in [2.24, 2.45) is 4.99 Å². The maximum Gasteiger partial charge on any atom is 0.242 e. The van der Waals surface area contributed by atoms with E-state index in [1.807, 2.05) is 27.7 Å². The molecule has 0 bridgehead atoms. The van der Waals surface area contributed by atoms with Gasteiger partial charge in [0.25, 0.3) is 0 Å². The van der Waals surface area contributed by atoms with Gasteiger partial charge in [0.2, 0.25) is 5.91 Å². The zero-order chi connectivity index (χ0) is 18.2. The van der Waals surface area contributed by atoms with Crippen molar-refractivity contribution in [3.05, 3.63) is 16.1 Å². The van der Waals surface area contributed by atoms with E-state index in [0.29, 0.717) is 11.9 Å². The molecule has 0 saturated heterocycles. The summed E-state index contributed by atoms with van der Waals surface area (Å²) in [6, 6.07) is 0. The summed E-state index contributed by atoms with van der Waals surface area (Å²) < 4.78 is 0. The molecule has 7 heteroatoms. The van der Waals surface area contributed by atoms with Crippen LogP contribution in [0.4, 0.5) is 0 Å². The quantitative estimate of drug-likeness (QED) is 0.519. The smallest absolute Gasteiger partial charge is 0.242 e. The van der Waals surface area contributed by atoms with Crippen LogP contribution >= 0.6 is 11.3 Å². The molecule has 1 amide bonds. The van der Waals surface area contributed by atoms with Crippen LogP contribution in [0.3, 0.4) is 0 Å².